The van der Waals surface area contributed by atoms with Crippen molar-refractivity contribution in [2.24, 2.45) is 18.7 Å². The zero-order valence-electron chi connectivity index (χ0n) is 14.2. The Balaban J connectivity index is 1.58. The first kappa shape index (κ1) is 17.2. The molecule has 7 heteroatoms. The van der Waals surface area contributed by atoms with Crippen LogP contribution in [0.1, 0.15) is 17.0 Å². The van der Waals surface area contributed by atoms with Crippen LogP contribution in [0.15, 0.2) is 42.7 Å². The van der Waals surface area contributed by atoms with Gasteiger partial charge in [-0.3, -0.25) is 14.3 Å². The maximum Gasteiger partial charge on any atom is 0.248 e. The standard InChI is InChI=1S/C18H22N4O3/c1-21-8-14(7-20-21)15-9-22(10-16(15)18(19)24)17(23)12-25-11-13-5-3-2-4-6-13/h2-8,15-16H,9-12H2,1H3,(H2,19,24)/t15-,16+/m1/s1. The quantitative estimate of drug-likeness (QED) is 0.835. The number of primary amides is 1. The lowest BCUT2D eigenvalue weighted by molar-refractivity contribution is -0.135. The molecule has 1 aliphatic heterocycles. The van der Waals surface area contributed by atoms with Crippen LogP contribution in [-0.2, 0) is 28.0 Å². The third kappa shape index (κ3) is 4.06. The van der Waals surface area contributed by atoms with E-state index in [1.807, 2.05) is 43.6 Å². The fourth-order valence-electron chi connectivity index (χ4n) is 3.19. The highest BCUT2D eigenvalue weighted by atomic mass is 16.5. The minimum absolute atomic E-state index is 0.0138. The van der Waals surface area contributed by atoms with Crippen molar-refractivity contribution in [3.63, 3.8) is 0 Å². The molecule has 2 heterocycles. The molecule has 0 bridgehead atoms. The number of aromatic nitrogens is 2. The zero-order chi connectivity index (χ0) is 17.8. The van der Waals surface area contributed by atoms with E-state index in [1.165, 1.54) is 0 Å². The second-order valence-electron chi connectivity index (χ2n) is 6.34. The first-order chi connectivity index (χ1) is 12.0. The SMILES string of the molecule is Cn1cc([C@H]2CN(C(=O)COCc3ccccc3)C[C@@H]2C(N)=O)cn1. The molecule has 1 aromatic heterocycles. The summed E-state index contributed by atoms with van der Waals surface area (Å²) >= 11 is 0. The third-order valence-electron chi connectivity index (χ3n) is 4.53. The summed E-state index contributed by atoms with van der Waals surface area (Å²) in [7, 11) is 1.82. The summed E-state index contributed by atoms with van der Waals surface area (Å²) in [5, 5.41) is 4.14. The number of hydrogen-bond acceptors (Lipinski definition) is 4. The molecule has 2 amide bonds. The van der Waals surface area contributed by atoms with E-state index >= 15 is 0 Å². The Morgan fingerprint density at radius 3 is 2.68 bits per heavy atom. The summed E-state index contributed by atoms with van der Waals surface area (Å²) in [4.78, 5) is 25.8. The van der Waals surface area contributed by atoms with Gasteiger partial charge in [0.05, 0.1) is 18.7 Å². The number of amides is 2. The number of benzene rings is 1. The Hall–Kier alpha value is -2.67. The second-order valence-corrected chi connectivity index (χ2v) is 6.34. The molecular formula is C18H22N4O3. The highest BCUT2D eigenvalue weighted by Crippen LogP contribution is 2.32. The topological polar surface area (TPSA) is 90.5 Å². The molecular weight excluding hydrogens is 320 g/mol. The molecule has 0 unspecified atom stereocenters. The molecule has 2 N–H and O–H groups in total. The lowest BCUT2D eigenvalue weighted by Gasteiger charge is -2.16. The summed E-state index contributed by atoms with van der Waals surface area (Å²) in [6.45, 7) is 1.14. The molecule has 7 nitrogen and oxygen atoms in total. The van der Waals surface area contributed by atoms with Gasteiger partial charge in [0.1, 0.15) is 6.61 Å². The van der Waals surface area contributed by atoms with E-state index in [1.54, 1.807) is 15.8 Å². The Kier molecular flexibility index (Phi) is 5.14. The predicted octanol–water partition coefficient (Wildman–Crippen LogP) is 0.664. The van der Waals surface area contributed by atoms with Gasteiger partial charge in [-0.05, 0) is 11.1 Å². The van der Waals surface area contributed by atoms with Crippen LogP contribution in [0.5, 0.6) is 0 Å². The molecule has 1 fully saturated rings. The molecule has 132 valence electrons. The van der Waals surface area contributed by atoms with Crippen molar-refractivity contribution < 1.29 is 14.3 Å². The summed E-state index contributed by atoms with van der Waals surface area (Å²) in [5.74, 6) is -1.05. The molecule has 0 saturated carbocycles. The number of ether oxygens (including phenoxy) is 1. The molecule has 1 aliphatic rings. The van der Waals surface area contributed by atoms with E-state index in [0.29, 0.717) is 19.7 Å². The Morgan fingerprint density at radius 1 is 1.28 bits per heavy atom. The Bertz CT molecular complexity index is 744. The number of carbonyl (C=O) groups excluding carboxylic acids is 2. The molecule has 2 atom stereocenters. The van der Waals surface area contributed by atoms with Crippen molar-refractivity contribution in [3.8, 4) is 0 Å². The predicted molar refractivity (Wildman–Crippen MR) is 91.3 cm³/mol. The van der Waals surface area contributed by atoms with Gasteiger partial charge in [-0.25, -0.2) is 0 Å². The number of hydrogen-bond donors (Lipinski definition) is 1. The maximum atomic E-state index is 12.4. The molecule has 1 aromatic carbocycles. The number of nitrogens with zero attached hydrogens (tertiary/aromatic N) is 3. The third-order valence-corrected chi connectivity index (χ3v) is 4.53. The van der Waals surface area contributed by atoms with Gasteiger partial charge < -0.3 is 15.4 Å². The van der Waals surface area contributed by atoms with E-state index < -0.39 is 11.8 Å². The molecule has 1 saturated heterocycles. The normalized spacial score (nSPS) is 20.0. The van der Waals surface area contributed by atoms with Crippen LogP contribution in [-0.4, -0.2) is 46.2 Å². The van der Waals surface area contributed by atoms with Crippen molar-refractivity contribution in [2.75, 3.05) is 19.7 Å². The maximum absolute atomic E-state index is 12.4. The van der Waals surface area contributed by atoms with Crippen LogP contribution in [0, 0.1) is 5.92 Å². The lowest BCUT2D eigenvalue weighted by atomic mass is 9.90. The van der Waals surface area contributed by atoms with Crippen molar-refractivity contribution in [1.82, 2.24) is 14.7 Å². The van der Waals surface area contributed by atoms with Crippen LogP contribution in [0.2, 0.25) is 0 Å². The van der Waals surface area contributed by atoms with Gasteiger partial charge in [0.25, 0.3) is 0 Å². The molecule has 2 aromatic rings. The summed E-state index contributed by atoms with van der Waals surface area (Å²) in [6.07, 6.45) is 3.58. The van der Waals surface area contributed by atoms with Gasteiger partial charge in [0.15, 0.2) is 0 Å². The van der Waals surface area contributed by atoms with Crippen molar-refractivity contribution >= 4 is 11.8 Å². The van der Waals surface area contributed by atoms with Crippen LogP contribution >= 0.6 is 0 Å². The smallest absolute Gasteiger partial charge is 0.248 e. The average Bonchev–Trinajstić information content (AvgIpc) is 3.22. The highest BCUT2D eigenvalue weighted by Gasteiger charge is 2.39. The van der Waals surface area contributed by atoms with Crippen molar-refractivity contribution in [3.05, 3.63) is 53.9 Å². The molecule has 0 spiro atoms. The van der Waals surface area contributed by atoms with E-state index in [-0.39, 0.29) is 18.4 Å². The van der Waals surface area contributed by atoms with Gasteiger partial charge in [-0.2, -0.15) is 5.10 Å². The summed E-state index contributed by atoms with van der Waals surface area (Å²) in [6, 6.07) is 9.68. The first-order valence-electron chi connectivity index (χ1n) is 8.22. The van der Waals surface area contributed by atoms with Crippen LogP contribution in [0.3, 0.4) is 0 Å². The van der Waals surface area contributed by atoms with Gasteiger partial charge in [-0.1, -0.05) is 30.3 Å². The number of nitrogens with two attached hydrogens (primary N) is 1. The Morgan fingerprint density at radius 2 is 2.04 bits per heavy atom. The minimum Gasteiger partial charge on any atom is -0.369 e. The van der Waals surface area contributed by atoms with E-state index in [0.717, 1.165) is 11.1 Å². The van der Waals surface area contributed by atoms with Crippen LogP contribution in [0.25, 0.3) is 0 Å². The molecule has 3 rings (SSSR count). The first-order valence-corrected chi connectivity index (χ1v) is 8.22. The van der Waals surface area contributed by atoms with Crippen LogP contribution < -0.4 is 5.73 Å². The van der Waals surface area contributed by atoms with E-state index in [2.05, 4.69) is 5.10 Å². The number of carbonyl (C=O) groups is 2. The molecule has 0 aliphatic carbocycles. The van der Waals surface area contributed by atoms with Gasteiger partial charge in [0, 0.05) is 32.3 Å². The van der Waals surface area contributed by atoms with Gasteiger partial charge in [-0.15, -0.1) is 0 Å². The van der Waals surface area contributed by atoms with Crippen molar-refractivity contribution in [2.45, 2.75) is 12.5 Å². The average molecular weight is 342 g/mol. The number of rotatable bonds is 6. The number of likely N-dealkylation sites (tertiary alicyclic amines) is 1. The highest BCUT2D eigenvalue weighted by molar-refractivity contribution is 5.82. The number of aryl methyl sites for hydroxylation is 1. The van der Waals surface area contributed by atoms with Crippen LogP contribution in [0.4, 0.5) is 0 Å². The Labute approximate surface area is 146 Å². The molecule has 25 heavy (non-hydrogen) atoms. The largest absolute Gasteiger partial charge is 0.369 e. The minimum atomic E-state index is -0.401. The van der Waals surface area contributed by atoms with Gasteiger partial charge in [0.2, 0.25) is 11.8 Å². The summed E-state index contributed by atoms with van der Waals surface area (Å²) < 4.78 is 7.19. The second kappa shape index (κ2) is 7.48. The van der Waals surface area contributed by atoms with E-state index in [9.17, 15) is 9.59 Å². The van der Waals surface area contributed by atoms with Gasteiger partial charge >= 0.3 is 0 Å². The monoisotopic (exact) mass is 342 g/mol. The lowest BCUT2D eigenvalue weighted by Crippen LogP contribution is -2.34. The zero-order valence-corrected chi connectivity index (χ0v) is 14.2. The fraction of sp³-hybridized carbons (Fsp3) is 0.389. The molecule has 0 radical (unpaired) electrons. The summed E-state index contributed by atoms with van der Waals surface area (Å²) in [5.41, 5.74) is 7.47. The fourth-order valence-corrected chi connectivity index (χ4v) is 3.19. The van der Waals surface area contributed by atoms with Crippen molar-refractivity contribution in [1.29, 1.82) is 0 Å². The van der Waals surface area contributed by atoms with E-state index in [4.69, 9.17) is 10.5 Å².